The fourth-order valence-electron chi connectivity index (χ4n) is 9.99. The van der Waals surface area contributed by atoms with Crippen molar-refractivity contribution in [2.75, 3.05) is 29.9 Å². The molecule has 0 radical (unpaired) electrons. The van der Waals surface area contributed by atoms with Crippen molar-refractivity contribution in [3.8, 4) is 0 Å². The summed E-state index contributed by atoms with van der Waals surface area (Å²) in [6.45, 7) is 10.3. The summed E-state index contributed by atoms with van der Waals surface area (Å²) >= 11 is 0. The molecule has 0 atom stereocenters. The van der Waals surface area contributed by atoms with Gasteiger partial charge in [-0.25, -0.2) is 8.42 Å². The minimum absolute atomic E-state index is 0.00570. The molecule has 22 nitrogen and oxygen atoms in total. The van der Waals surface area contributed by atoms with Gasteiger partial charge in [-0.05, 0) is 115 Å². The van der Waals surface area contributed by atoms with E-state index in [4.69, 9.17) is 5.53 Å². The normalized spacial score (nSPS) is 16.0. The maximum atomic E-state index is 12.8. The van der Waals surface area contributed by atoms with Crippen molar-refractivity contribution < 1.29 is 66.0 Å². The maximum absolute atomic E-state index is 12.8. The largest absolute Gasteiger partial charge is 0.744 e. The number of fused-ring (bicyclic) bond motifs is 6. The molecule has 0 aliphatic carbocycles. The van der Waals surface area contributed by atoms with Crippen LogP contribution in [-0.4, -0.2) is 98.6 Å². The second-order valence-corrected chi connectivity index (χ2v) is 24.6. The lowest BCUT2D eigenvalue weighted by atomic mass is 9.79. The number of azide groups is 1. The number of anilines is 2. The summed E-state index contributed by atoms with van der Waals surface area (Å²) in [5.41, 5.74) is 11.2. The van der Waals surface area contributed by atoms with E-state index in [1.54, 1.807) is 42.5 Å². The van der Waals surface area contributed by atoms with E-state index in [0.29, 0.717) is 84.1 Å². The number of aromatic nitrogens is 1. The quantitative estimate of drug-likeness (QED) is 0.00946. The summed E-state index contributed by atoms with van der Waals surface area (Å²) in [5.74, 6) is -0.600. The molecule has 0 saturated heterocycles. The number of hydrogen-bond acceptors (Lipinski definition) is 14. The van der Waals surface area contributed by atoms with Crippen LogP contribution in [0.25, 0.3) is 32.0 Å². The van der Waals surface area contributed by atoms with Crippen molar-refractivity contribution in [3.63, 3.8) is 0 Å². The van der Waals surface area contributed by atoms with Crippen molar-refractivity contribution in [2.24, 2.45) is 5.11 Å². The molecule has 26 heteroatoms. The molecule has 76 heavy (non-hydrogen) atoms. The second kappa shape index (κ2) is 21.6. The predicted octanol–water partition coefficient (Wildman–Crippen LogP) is 7.74. The Labute approximate surface area is 439 Å². The van der Waals surface area contributed by atoms with Gasteiger partial charge in [0.05, 0.1) is 38.5 Å². The van der Waals surface area contributed by atoms with E-state index in [1.165, 1.54) is 18.3 Å². The third-order valence-corrected chi connectivity index (χ3v) is 16.8. The first-order chi connectivity index (χ1) is 35.5. The van der Waals surface area contributed by atoms with Crippen LogP contribution in [-0.2, 0) is 67.4 Å². The molecule has 0 spiro atoms. The molecule has 2 aliphatic heterocycles. The molecule has 5 aromatic rings. The number of carbonyl (C=O) groups is 2. The van der Waals surface area contributed by atoms with Crippen LogP contribution in [0, 0.1) is 0 Å². The number of amides is 2. The molecule has 402 valence electrons. The number of carbonyl (C=O) groups excluding carboxylic acids is 2. The number of likely N-dealkylation sites (N-methyl/N-ethyl adjacent to an activating group) is 1. The third-order valence-electron chi connectivity index (χ3n) is 13.3. The van der Waals surface area contributed by atoms with Gasteiger partial charge in [0, 0.05) is 82.8 Å². The van der Waals surface area contributed by atoms with E-state index in [-0.39, 0.29) is 59.3 Å². The number of nitrogens with one attached hydrogen (secondary N) is 2. The summed E-state index contributed by atoms with van der Waals surface area (Å²) < 4.78 is 144. The van der Waals surface area contributed by atoms with E-state index in [1.807, 2.05) is 56.2 Å². The molecule has 0 bridgehead atoms. The number of pyridine rings is 1. The number of rotatable bonds is 20. The zero-order valence-corrected chi connectivity index (χ0v) is 45.0. The lowest BCUT2D eigenvalue weighted by Crippen LogP contribution is -2.28. The standard InChI is InChI=1S/C50H54N8O14S4/c1-6-57-39-20-18-35-37(25-33(73(61,62)63)27-41(35)75(67,68)69)47(39)49(2,3)43(57)13-9-7-10-14-44-50(4,5)48-38-26-34(74(64,65)66)28-42(76(70,71)72)36(38)19-21-40(48)58(44)24-12-8-11-15-45(59)52-23-22-46(60)55-32-17-16-31(53-29-32)30-54-56-51/h7,9-10,13-14,16-21,25-29H,6,8,11-12,15,22-24,30H2,1-5H3,(H5-,52,55,59,60,61,62,63,64,65,66,67,68,69,70,71,72). The van der Waals surface area contributed by atoms with Crippen LogP contribution in [0.4, 0.5) is 17.1 Å². The summed E-state index contributed by atoms with van der Waals surface area (Å²) in [4.78, 5) is 31.0. The van der Waals surface area contributed by atoms with E-state index < -0.39 is 70.9 Å². The highest BCUT2D eigenvalue weighted by Gasteiger charge is 2.46. The Bertz CT molecular complexity index is 3870. The first-order valence-corrected chi connectivity index (χ1v) is 29.3. The van der Waals surface area contributed by atoms with Gasteiger partial charge in [-0.15, -0.1) is 0 Å². The lowest BCUT2D eigenvalue weighted by Gasteiger charge is -2.26. The predicted molar refractivity (Wildman–Crippen MR) is 282 cm³/mol. The van der Waals surface area contributed by atoms with Crippen LogP contribution >= 0.6 is 0 Å². The van der Waals surface area contributed by atoms with Crippen molar-refractivity contribution in [2.45, 2.75) is 104 Å². The van der Waals surface area contributed by atoms with Gasteiger partial charge in [-0.1, -0.05) is 43.3 Å². The van der Waals surface area contributed by atoms with Gasteiger partial charge in [0.2, 0.25) is 17.5 Å². The maximum Gasteiger partial charge on any atom is 0.295 e. The van der Waals surface area contributed by atoms with Crippen molar-refractivity contribution >= 4 is 96.6 Å². The molecular formula is C50H54N8O14S4. The minimum atomic E-state index is -5.19. The van der Waals surface area contributed by atoms with Gasteiger partial charge >= 0.3 is 0 Å². The fourth-order valence-corrected chi connectivity index (χ4v) is 12.7. The zero-order chi connectivity index (χ0) is 55.8. The minimum Gasteiger partial charge on any atom is -0.744 e. The Morgan fingerprint density at radius 1 is 0.763 bits per heavy atom. The van der Waals surface area contributed by atoms with Crippen molar-refractivity contribution in [1.82, 2.24) is 10.3 Å². The summed E-state index contributed by atoms with van der Waals surface area (Å²) in [7, 11) is -20.1. The highest BCUT2D eigenvalue weighted by molar-refractivity contribution is 7.87. The van der Waals surface area contributed by atoms with Gasteiger partial charge in [0.1, 0.15) is 21.6 Å². The number of unbranched alkanes of at least 4 members (excludes halogenated alkanes) is 2. The monoisotopic (exact) mass is 1120 g/mol. The Balaban J connectivity index is 1.14. The number of benzene rings is 4. The highest BCUT2D eigenvalue weighted by atomic mass is 32.2. The topological polar surface area (TPSA) is 346 Å². The van der Waals surface area contributed by atoms with E-state index in [9.17, 15) is 61.5 Å². The molecule has 0 saturated carbocycles. The molecule has 4 aromatic carbocycles. The lowest BCUT2D eigenvalue weighted by molar-refractivity contribution is -0.438. The van der Waals surface area contributed by atoms with Crippen molar-refractivity contribution in [3.05, 3.63) is 130 Å². The molecule has 3 heterocycles. The molecule has 7 rings (SSSR count). The fraction of sp³-hybridized carbons (Fsp3) is 0.320. The Kier molecular flexibility index (Phi) is 16.2. The highest BCUT2D eigenvalue weighted by Crippen LogP contribution is 2.52. The average Bonchev–Trinajstić information content (AvgIpc) is 3.70. The van der Waals surface area contributed by atoms with Crippen LogP contribution in [0.1, 0.15) is 83.5 Å². The SMILES string of the molecule is CCN1/C(=C/C=C/C=C/C2=[N+](CCCCCC(=O)NCCC(=O)Nc3ccc(CN=[N+]=[N-])nc3)c3ccc4c(S(=O)(=O)O)cc(S(=O)(=O)O)cc4c3C2(C)C)C(C)(C)c2c1ccc1c(S(=O)(=O)[O-])cc(S(=O)(=O)O)cc21. The molecular weight excluding hydrogens is 1060 g/mol. The van der Waals surface area contributed by atoms with Crippen LogP contribution in [0.3, 0.4) is 0 Å². The number of nitrogens with zero attached hydrogens (tertiary/aromatic N) is 6. The van der Waals surface area contributed by atoms with Gasteiger partial charge in [0.15, 0.2) is 5.71 Å². The van der Waals surface area contributed by atoms with Crippen molar-refractivity contribution in [1.29, 1.82) is 0 Å². The summed E-state index contributed by atoms with van der Waals surface area (Å²) in [6, 6.07) is 13.1. The Hall–Kier alpha value is -6.87. The van der Waals surface area contributed by atoms with Gasteiger partial charge < -0.3 is 20.1 Å². The molecule has 5 N–H and O–H groups in total. The van der Waals surface area contributed by atoms with Crippen LogP contribution in [0.15, 0.2) is 128 Å². The number of hydrogen-bond donors (Lipinski definition) is 5. The van der Waals surface area contributed by atoms with Gasteiger partial charge in [-0.3, -0.25) is 28.2 Å². The van der Waals surface area contributed by atoms with E-state index in [0.717, 1.165) is 17.8 Å². The number of allylic oxidation sites excluding steroid dienone is 6. The second-order valence-electron chi connectivity index (χ2n) is 19.0. The van der Waals surface area contributed by atoms with Gasteiger partial charge in [-0.2, -0.15) is 29.8 Å². The third kappa shape index (κ3) is 11.9. The zero-order valence-electron chi connectivity index (χ0n) is 41.8. The summed E-state index contributed by atoms with van der Waals surface area (Å²) in [5, 5.41) is 9.20. The van der Waals surface area contributed by atoms with Crippen LogP contribution in [0.2, 0.25) is 0 Å². The Morgan fingerprint density at radius 2 is 1.41 bits per heavy atom. The first kappa shape index (κ1) is 56.8. The summed E-state index contributed by atoms with van der Waals surface area (Å²) in [6.07, 6.45) is 12.1. The first-order valence-electron chi connectivity index (χ1n) is 23.6. The Morgan fingerprint density at radius 3 is 2.01 bits per heavy atom. The van der Waals surface area contributed by atoms with Gasteiger partial charge in [0.25, 0.3) is 30.4 Å². The van der Waals surface area contributed by atoms with Crippen LogP contribution < -0.4 is 15.5 Å². The van der Waals surface area contributed by atoms with E-state index >= 15 is 0 Å². The van der Waals surface area contributed by atoms with E-state index in [2.05, 4.69) is 25.6 Å². The smallest absolute Gasteiger partial charge is 0.295 e. The molecule has 1 aromatic heterocycles. The molecule has 2 amide bonds. The average molecular weight is 1120 g/mol. The molecule has 0 unspecified atom stereocenters. The van der Waals surface area contributed by atoms with Crippen LogP contribution in [0.5, 0.6) is 0 Å². The molecule has 0 fully saturated rings. The molecule has 2 aliphatic rings.